The molecule has 5 heteroatoms. The van der Waals surface area contributed by atoms with E-state index in [2.05, 4.69) is 0 Å². The molecule has 1 heterocycles. The minimum Gasteiger partial charge on any atom is -0.481 e. The first-order chi connectivity index (χ1) is 7.20. The molecule has 1 aliphatic heterocycles. The normalized spacial score (nSPS) is 46.2. The van der Waals surface area contributed by atoms with Gasteiger partial charge in [-0.25, -0.2) is 0 Å². The minimum atomic E-state index is -1.18. The van der Waals surface area contributed by atoms with Crippen molar-refractivity contribution < 1.29 is 19.4 Å². The van der Waals surface area contributed by atoms with Crippen LogP contribution in [-0.4, -0.2) is 27.5 Å². The van der Waals surface area contributed by atoms with E-state index in [0.29, 0.717) is 0 Å². The smallest absolute Gasteiger partial charge is 0.321 e. The molecule has 2 rings (SSSR count). The molecule has 0 aromatic rings. The number of hydrogen-bond acceptors (Lipinski definition) is 3. The fraction of sp³-hybridized carbons (Fsp3) is 0.636. The summed E-state index contributed by atoms with van der Waals surface area (Å²) in [5.74, 6) is -3.60. The lowest BCUT2D eigenvalue weighted by Crippen LogP contribution is -2.42. The highest BCUT2D eigenvalue weighted by atomic mass is 35.5. The summed E-state index contributed by atoms with van der Waals surface area (Å²) in [5.41, 5.74) is -0.0406. The number of carboxylic acid groups (broad SMARTS) is 1. The largest absolute Gasteiger partial charge is 0.481 e. The molecule has 0 unspecified atom stereocenters. The zero-order valence-corrected chi connectivity index (χ0v) is 10.0. The van der Waals surface area contributed by atoms with Gasteiger partial charge in [0.2, 0.25) is 0 Å². The van der Waals surface area contributed by atoms with Crippen LogP contribution in [0.1, 0.15) is 20.8 Å². The van der Waals surface area contributed by atoms with Crippen LogP contribution in [0.5, 0.6) is 0 Å². The van der Waals surface area contributed by atoms with Gasteiger partial charge in [-0.2, -0.15) is 0 Å². The maximum atomic E-state index is 11.5. The number of carbonyl (C=O) groups excluding carboxylic acids is 1. The molecule has 2 aliphatic rings. The van der Waals surface area contributed by atoms with Crippen molar-refractivity contribution in [2.45, 2.75) is 31.2 Å². The molecule has 4 atom stereocenters. The van der Waals surface area contributed by atoms with E-state index >= 15 is 0 Å². The average Bonchev–Trinajstić information content (AvgIpc) is 2.44. The Balaban J connectivity index is 2.52. The van der Waals surface area contributed by atoms with Crippen LogP contribution < -0.4 is 0 Å². The second-order valence-electron chi connectivity index (χ2n) is 4.80. The quantitative estimate of drug-likeness (QED) is 0.329. The van der Waals surface area contributed by atoms with E-state index in [1.54, 1.807) is 19.9 Å². The first-order valence-electron chi connectivity index (χ1n) is 5.04. The number of ether oxygens (including phenoxy) is 1. The SMILES string of the molecule is CC1=C[C@]2(C)OC(=O)[C@H](C(=O)O)[C@@H]2[C@@]1(C)Cl. The maximum Gasteiger partial charge on any atom is 0.321 e. The number of carboxylic acids is 1. The number of fused-ring (bicyclic) bond motifs is 1. The Labute approximate surface area is 98.2 Å². The number of carbonyl (C=O) groups is 2. The average molecular weight is 245 g/mol. The van der Waals surface area contributed by atoms with Crippen LogP contribution >= 0.6 is 11.6 Å². The molecule has 0 spiro atoms. The summed E-state index contributed by atoms with van der Waals surface area (Å²) in [6.45, 7) is 5.26. The van der Waals surface area contributed by atoms with Crippen molar-refractivity contribution in [3.05, 3.63) is 11.6 Å². The Kier molecular flexibility index (Phi) is 2.15. The third-order valence-corrected chi connectivity index (χ3v) is 4.18. The van der Waals surface area contributed by atoms with Crippen LogP contribution in [0.25, 0.3) is 0 Å². The van der Waals surface area contributed by atoms with Gasteiger partial charge in [-0.05, 0) is 26.8 Å². The predicted molar refractivity (Wildman–Crippen MR) is 57.1 cm³/mol. The van der Waals surface area contributed by atoms with Gasteiger partial charge in [0.25, 0.3) is 0 Å². The molecule has 1 N–H and O–H groups in total. The van der Waals surface area contributed by atoms with Crippen LogP contribution in [-0.2, 0) is 14.3 Å². The van der Waals surface area contributed by atoms with Crippen molar-refractivity contribution >= 4 is 23.5 Å². The van der Waals surface area contributed by atoms with Crippen LogP contribution in [0.15, 0.2) is 11.6 Å². The molecular formula is C11H13ClO4. The van der Waals surface area contributed by atoms with Gasteiger partial charge in [0.05, 0.1) is 4.87 Å². The maximum absolute atomic E-state index is 11.5. The van der Waals surface area contributed by atoms with E-state index in [-0.39, 0.29) is 0 Å². The summed E-state index contributed by atoms with van der Waals surface area (Å²) in [4.78, 5) is 21.8. The third kappa shape index (κ3) is 1.22. The number of aliphatic carboxylic acids is 1. The van der Waals surface area contributed by atoms with Gasteiger partial charge in [-0.1, -0.05) is 5.57 Å². The Bertz CT molecular complexity index is 412. The van der Waals surface area contributed by atoms with E-state index < -0.39 is 34.2 Å². The van der Waals surface area contributed by atoms with E-state index in [1.807, 2.05) is 6.92 Å². The molecule has 0 aromatic carbocycles. The number of hydrogen-bond donors (Lipinski definition) is 1. The molecule has 0 aromatic heterocycles. The van der Waals surface area contributed by atoms with Gasteiger partial charge in [0, 0.05) is 5.92 Å². The summed E-state index contributed by atoms with van der Waals surface area (Å²) < 4.78 is 5.17. The van der Waals surface area contributed by atoms with Gasteiger partial charge < -0.3 is 9.84 Å². The Morgan fingerprint density at radius 2 is 2.12 bits per heavy atom. The molecule has 88 valence electrons. The second-order valence-corrected chi connectivity index (χ2v) is 5.59. The molecular weight excluding hydrogens is 232 g/mol. The Hall–Kier alpha value is -1.03. The Morgan fingerprint density at radius 1 is 1.56 bits per heavy atom. The van der Waals surface area contributed by atoms with Crippen molar-refractivity contribution in [2.75, 3.05) is 0 Å². The molecule has 0 saturated carbocycles. The highest BCUT2D eigenvalue weighted by Gasteiger charge is 2.65. The topological polar surface area (TPSA) is 63.6 Å². The van der Waals surface area contributed by atoms with Gasteiger partial charge >= 0.3 is 11.9 Å². The summed E-state index contributed by atoms with van der Waals surface area (Å²) in [7, 11) is 0. The number of alkyl halides is 1. The fourth-order valence-electron chi connectivity index (χ4n) is 2.84. The summed E-state index contributed by atoms with van der Waals surface area (Å²) >= 11 is 6.35. The van der Waals surface area contributed by atoms with Gasteiger partial charge in [-0.3, -0.25) is 9.59 Å². The van der Waals surface area contributed by atoms with Crippen LogP contribution in [0.3, 0.4) is 0 Å². The number of allylic oxidation sites excluding steroid dienone is 1. The molecule has 4 nitrogen and oxygen atoms in total. The summed E-state index contributed by atoms with van der Waals surface area (Å²) in [6, 6.07) is 0. The zero-order valence-electron chi connectivity index (χ0n) is 9.28. The van der Waals surface area contributed by atoms with Crippen molar-refractivity contribution in [1.82, 2.24) is 0 Å². The van der Waals surface area contributed by atoms with E-state index in [1.165, 1.54) is 0 Å². The van der Waals surface area contributed by atoms with Crippen molar-refractivity contribution in [2.24, 2.45) is 11.8 Å². The highest BCUT2D eigenvalue weighted by molar-refractivity contribution is 6.27. The molecule has 0 amide bonds. The monoisotopic (exact) mass is 244 g/mol. The molecule has 1 fully saturated rings. The Morgan fingerprint density at radius 3 is 2.62 bits per heavy atom. The minimum absolute atomic E-state index is 0.549. The fourth-order valence-corrected chi connectivity index (χ4v) is 3.24. The molecule has 16 heavy (non-hydrogen) atoms. The molecule has 0 bridgehead atoms. The highest BCUT2D eigenvalue weighted by Crippen LogP contribution is 2.55. The van der Waals surface area contributed by atoms with E-state index in [0.717, 1.165) is 5.57 Å². The van der Waals surface area contributed by atoms with Crippen LogP contribution in [0.4, 0.5) is 0 Å². The summed E-state index contributed by atoms with van der Waals surface area (Å²) in [5, 5.41) is 9.08. The molecule has 1 aliphatic carbocycles. The van der Waals surface area contributed by atoms with Crippen molar-refractivity contribution in [3.63, 3.8) is 0 Å². The van der Waals surface area contributed by atoms with Crippen molar-refractivity contribution in [1.29, 1.82) is 0 Å². The van der Waals surface area contributed by atoms with Gasteiger partial charge in [0.15, 0.2) is 5.92 Å². The zero-order chi connectivity index (χ0) is 12.3. The standard InChI is InChI=1S/C11H13ClO4/c1-5-4-10(2)7(11(5,3)12)6(8(13)14)9(15)16-10/h4,6-7H,1-3H3,(H,13,14)/t6-,7-,10-,11-/m0/s1. The lowest BCUT2D eigenvalue weighted by molar-refractivity contribution is -0.154. The number of rotatable bonds is 1. The second kappa shape index (κ2) is 3.00. The first kappa shape index (κ1) is 11.5. The van der Waals surface area contributed by atoms with Crippen molar-refractivity contribution in [3.8, 4) is 0 Å². The molecule has 0 radical (unpaired) electrons. The first-order valence-corrected chi connectivity index (χ1v) is 5.42. The number of esters is 1. The summed E-state index contributed by atoms with van der Waals surface area (Å²) in [6.07, 6.45) is 1.76. The van der Waals surface area contributed by atoms with E-state index in [9.17, 15) is 9.59 Å². The number of halogens is 1. The van der Waals surface area contributed by atoms with E-state index in [4.69, 9.17) is 21.4 Å². The lowest BCUT2D eigenvalue weighted by atomic mass is 9.77. The predicted octanol–water partition coefficient (Wildman–Crippen LogP) is 1.58. The van der Waals surface area contributed by atoms with Gasteiger partial charge in [-0.15, -0.1) is 11.6 Å². The van der Waals surface area contributed by atoms with Crippen LogP contribution in [0.2, 0.25) is 0 Å². The lowest BCUT2D eigenvalue weighted by Gasteiger charge is -2.30. The van der Waals surface area contributed by atoms with Gasteiger partial charge in [0.1, 0.15) is 5.60 Å². The third-order valence-electron chi connectivity index (χ3n) is 3.65. The molecule has 1 saturated heterocycles. The van der Waals surface area contributed by atoms with Crippen LogP contribution in [0, 0.1) is 11.8 Å².